The summed E-state index contributed by atoms with van der Waals surface area (Å²) in [5.41, 5.74) is 3.51. The molecule has 1 saturated heterocycles. The van der Waals surface area contributed by atoms with Crippen molar-refractivity contribution in [3.8, 4) is 5.75 Å². The minimum atomic E-state index is 0.408. The monoisotopic (exact) mass is 444 g/mol. The molecule has 1 saturated carbocycles. The van der Waals surface area contributed by atoms with E-state index in [0.29, 0.717) is 12.5 Å². The summed E-state index contributed by atoms with van der Waals surface area (Å²) in [6, 6.07) is 13.7. The van der Waals surface area contributed by atoms with Crippen molar-refractivity contribution >= 4 is 16.5 Å². The lowest BCUT2D eigenvalue weighted by molar-refractivity contribution is 0.139. The first-order chi connectivity index (χ1) is 16.3. The lowest BCUT2D eigenvalue weighted by atomic mass is 9.87. The normalized spacial score (nSPS) is 22.5. The zero-order chi connectivity index (χ0) is 22.5. The molecule has 1 aliphatic heterocycles. The van der Waals surface area contributed by atoms with Crippen LogP contribution in [0.2, 0.25) is 0 Å². The zero-order valence-electron chi connectivity index (χ0n) is 19.8. The van der Waals surface area contributed by atoms with Crippen LogP contribution in [0.1, 0.15) is 56.9 Å². The van der Waals surface area contributed by atoms with Crippen LogP contribution in [-0.4, -0.2) is 43.5 Å². The summed E-state index contributed by atoms with van der Waals surface area (Å²) in [7, 11) is 1.72. The highest BCUT2D eigenvalue weighted by atomic mass is 16.6. The highest BCUT2D eigenvalue weighted by molar-refractivity contribution is 6.05. The van der Waals surface area contributed by atoms with Gasteiger partial charge in [-0.15, -0.1) is 0 Å². The van der Waals surface area contributed by atoms with Gasteiger partial charge in [0.05, 0.1) is 12.8 Å². The van der Waals surface area contributed by atoms with Crippen LogP contribution in [0.25, 0.3) is 10.8 Å². The number of ether oxygens (including phenoxy) is 1. The Labute approximate surface area is 197 Å². The van der Waals surface area contributed by atoms with E-state index in [1.54, 1.807) is 7.11 Å². The molecule has 2 fully saturated rings. The van der Waals surface area contributed by atoms with E-state index in [9.17, 15) is 0 Å². The molecule has 0 amide bonds. The number of oxime groups is 1. The second-order valence-corrected chi connectivity index (χ2v) is 9.71. The van der Waals surface area contributed by atoms with Crippen LogP contribution < -0.4 is 4.74 Å². The third kappa shape index (κ3) is 5.33. The highest BCUT2D eigenvalue weighted by Crippen LogP contribution is 2.31. The molecule has 0 aromatic heterocycles. The summed E-state index contributed by atoms with van der Waals surface area (Å²) >= 11 is 0. The molecule has 4 nitrogen and oxygen atoms in total. The predicted octanol–water partition coefficient (Wildman–Crippen LogP) is 6.50. The molecular weight excluding hydrogens is 408 g/mol. The minimum Gasteiger partial charge on any atom is -0.497 e. The van der Waals surface area contributed by atoms with Crippen molar-refractivity contribution in [2.75, 3.05) is 26.8 Å². The fourth-order valence-corrected chi connectivity index (χ4v) is 5.65. The second kappa shape index (κ2) is 10.6. The van der Waals surface area contributed by atoms with Gasteiger partial charge in [0.15, 0.2) is 0 Å². The zero-order valence-corrected chi connectivity index (χ0v) is 19.8. The third-order valence-corrected chi connectivity index (χ3v) is 7.49. The molecular formula is C29H36N2O2. The van der Waals surface area contributed by atoms with Crippen molar-refractivity contribution < 1.29 is 9.57 Å². The molecule has 0 bridgehead atoms. The van der Waals surface area contributed by atoms with Crippen molar-refractivity contribution in [3.05, 3.63) is 65.8 Å². The van der Waals surface area contributed by atoms with E-state index in [1.165, 1.54) is 67.0 Å². The number of fused-ring (bicyclic) bond motifs is 1. The van der Waals surface area contributed by atoms with Crippen molar-refractivity contribution in [3.63, 3.8) is 0 Å². The maximum absolute atomic E-state index is 5.98. The molecule has 2 aromatic carbocycles. The second-order valence-electron chi connectivity index (χ2n) is 9.71. The number of methoxy groups -OCH3 is 1. The Balaban J connectivity index is 1.41. The van der Waals surface area contributed by atoms with Gasteiger partial charge >= 0.3 is 0 Å². The summed E-state index contributed by atoms with van der Waals surface area (Å²) in [6.45, 7) is 2.87. The standard InChI is InChI=1S/C29H36N2O2/c1-32-28-16-15-23-18-25(14-13-24(23)19-28)29(30-33-21-22-8-3-2-4-9-22)26-10-7-17-31(20-26)27-11-5-6-12-27/h3,8-9,13-16,18-19,26-27H,2,4-7,10-12,17,20-21H2,1H3/b30-29-. The molecule has 0 spiro atoms. The van der Waals surface area contributed by atoms with Crippen LogP contribution in [0, 0.1) is 5.92 Å². The average Bonchev–Trinajstić information content (AvgIpc) is 3.42. The van der Waals surface area contributed by atoms with Crippen LogP contribution in [0.5, 0.6) is 5.75 Å². The summed E-state index contributed by atoms with van der Waals surface area (Å²) in [5, 5.41) is 7.20. The third-order valence-electron chi connectivity index (χ3n) is 7.49. The molecule has 2 aliphatic carbocycles. The number of hydrogen-bond acceptors (Lipinski definition) is 4. The van der Waals surface area contributed by atoms with Gasteiger partial charge < -0.3 is 9.57 Å². The van der Waals surface area contributed by atoms with Crippen LogP contribution in [0.15, 0.2) is 65.4 Å². The number of hydrogen-bond donors (Lipinski definition) is 0. The van der Waals surface area contributed by atoms with Gasteiger partial charge in [-0.1, -0.05) is 54.4 Å². The van der Waals surface area contributed by atoms with E-state index in [1.807, 2.05) is 6.07 Å². The Bertz CT molecular complexity index is 1050. The van der Waals surface area contributed by atoms with E-state index < -0.39 is 0 Å². The van der Waals surface area contributed by atoms with Gasteiger partial charge in [-0.3, -0.25) is 4.90 Å². The number of allylic oxidation sites excluding steroid dienone is 2. The van der Waals surface area contributed by atoms with E-state index in [2.05, 4.69) is 53.5 Å². The van der Waals surface area contributed by atoms with Crippen molar-refractivity contribution in [2.45, 2.75) is 57.4 Å². The Morgan fingerprint density at radius 3 is 2.67 bits per heavy atom. The van der Waals surface area contributed by atoms with Crippen molar-refractivity contribution in [1.82, 2.24) is 4.90 Å². The maximum Gasteiger partial charge on any atom is 0.142 e. The number of piperidine rings is 1. The van der Waals surface area contributed by atoms with E-state index in [0.717, 1.165) is 36.9 Å². The smallest absolute Gasteiger partial charge is 0.142 e. The van der Waals surface area contributed by atoms with Gasteiger partial charge in [0.2, 0.25) is 0 Å². The number of benzene rings is 2. The molecule has 3 aliphatic rings. The predicted molar refractivity (Wildman–Crippen MR) is 136 cm³/mol. The van der Waals surface area contributed by atoms with Gasteiger partial charge in [-0.2, -0.15) is 0 Å². The lowest BCUT2D eigenvalue weighted by Crippen LogP contribution is -2.43. The molecule has 4 heteroatoms. The number of likely N-dealkylation sites (tertiary alicyclic amines) is 1. The van der Waals surface area contributed by atoms with Crippen LogP contribution in [0.4, 0.5) is 0 Å². The molecule has 1 heterocycles. The molecule has 1 atom stereocenters. The highest BCUT2D eigenvalue weighted by Gasteiger charge is 2.31. The first kappa shape index (κ1) is 22.2. The lowest BCUT2D eigenvalue weighted by Gasteiger charge is -2.37. The molecule has 1 unspecified atom stereocenters. The van der Waals surface area contributed by atoms with E-state index in [-0.39, 0.29) is 0 Å². The van der Waals surface area contributed by atoms with Crippen LogP contribution in [-0.2, 0) is 4.84 Å². The largest absolute Gasteiger partial charge is 0.497 e. The first-order valence-electron chi connectivity index (χ1n) is 12.7. The molecule has 0 N–H and O–H groups in total. The Kier molecular flexibility index (Phi) is 7.11. The number of nitrogens with zero attached hydrogens (tertiary/aromatic N) is 2. The van der Waals surface area contributed by atoms with Crippen molar-refractivity contribution in [1.29, 1.82) is 0 Å². The molecule has 2 aromatic rings. The Morgan fingerprint density at radius 1 is 1.00 bits per heavy atom. The first-order valence-corrected chi connectivity index (χ1v) is 12.7. The fourth-order valence-electron chi connectivity index (χ4n) is 5.65. The van der Waals surface area contributed by atoms with Gasteiger partial charge in [-0.05, 0) is 79.6 Å². The molecule has 0 radical (unpaired) electrons. The van der Waals surface area contributed by atoms with Gasteiger partial charge in [-0.25, -0.2) is 0 Å². The van der Waals surface area contributed by atoms with Gasteiger partial charge in [0.25, 0.3) is 0 Å². The van der Waals surface area contributed by atoms with Crippen molar-refractivity contribution in [2.24, 2.45) is 11.1 Å². The van der Waals surface area contributed by atoms with Crippen LogP contribution >= 0.6 is 0 Å². The molecule has 33 heavy (non-hydrogen) atoms. The maximum atomic E-state index is 5.98. The quantitative estimate of drug-likeness (QED) is 0.361. The summed E-state index contributed by atoms with van der Waals surface area (Å²) in [6.07, 6.45) is 16.8. The summed E-state index contributed by atoms with van der Waals surface area (Å²) in [5.74, 6) is 1.30. The minimum absolute atomic E-state index is 0.408. The Morgan fingerprint density at radius 2 is 1.85 bits per heavy atom. The topological polar surface area (TPSA) is 34.1 Å². The summed E-state index contributed by atoms with van der Waals surface area (Å²) in [4.78, 5) is 8.71. The average molecular weight is 445 g/mol. The van der Waals surface area contributed by atoms with E-state index >= 15 is 0 Å². The SMILES string of the molecule is COc1ccc2cc(/C(=N/OCC3=CCCC=C3)C3CCCN(C4CCCC4)C3)ccc2c1. The fraction of sp³-hybridized carbons (Fsp3) is 0.483. The Hall–Kier alpha value is -2.59. The van der Waals surface area contributed by atoms with Gasteiger partial charge in [0, 0.05) is 24.1 Å². The number of rotatable bonds is 7. The summed E-state index contributed by atoms with van der Waals surface area (Å²) < 4.78 is 5.41. The molecule has 5 rings (SSSR count). The van der Waals surface area contributed by atoms with Crippen LogP contribution in [0.3, 0.4) is 0 Å². The molecule has 174 valence electrons. The van der Waals surface area contributed by atoms with E-state index in [4.69, 9.17) is 14.7 Å². The van der Waals surface area contributed by atoms with Gasteiger partial charge in [0.1, 0.15) is 12.4 Å².